The van der Waals surface area contributed by atoms with Gasteiger partial charge in [-0.1, -0.05) is 13.0 Å². The van der Waals surface area contributed by atoms with E-state index in [4.69, 9.17) is 4.98 Å². The molecule has 2 aliphatic heterocycles. The van der Waals surface area contributed by atoms with Crippen LogP contribution < -0.4 is 4.90 Å². The molecule has 2 fully saturated rings. The molecular formula is C25H31N7O. The lowest BCUT2D eigenvalue weighted by atomic mass is 9.93. The molecule has 0 N–H and O–H groups in total. The van der Waals surface area contributed by atoms with E-state index in [2.05, 4.69) is 37.7 Å². The monoisotopic (exact) mass is 445 g/mol. The lowest BCUT2D eigenvalue weighted by molar-refractivity contribution is -0.133. The summed E-state index contributed by atoms with van der Waals surface area (Å²) in [6.07, 6.45) is 12.8. The van der Waals surface area contributed by atoms with Crippen molar-refractivity contribution in [3.8, 4) is 5.82 Å². The van der Waals surface area contributed by atoms with E-state index in [1.807, 2.05) is 35.2 Å². The van der Waals surface area contributed by atoms with Gasteiger partial charge in [-0.05, 0) is 49.8 Å². The van der Waals surface area contributed by atoms with Crippen molar-refractivity contribution >= 4 is 11.9 Å². The molecule has 1 atom stereocenters. The van der Waals surface area contributed by atoms with Gasteiger partial charge in [0.05, 0.1) is 11.7 Å². The summed E-state index contributed by atoms with van der Waals surface area (Å²) in [6.45, 7) is 4.72. The topological polar surface area (TPSA) is 80.0 Å². The molecule has 3 aromatic rings. The largest absolute Gasteiger partial charge is 0.341 e. The predicted molar refractivity (Wildman–Crippen MR) is 126 cm³/mol. The SMILES string of the molecule is CCc1nccn1-c1cccc([C@H]2CCCN2C(=O)CC2CCN(c3ncccn3)CC2)n1. The first-order chi connectivity index (χ1) is 16.2. The van der Waals surface area contributed by atoms with Crippen LogP contribution in [0.2, 0.25) is 0 Å². The molecule has 0 bridgehead atoms. The zero-order chi connectivity index (χ0) is 22.6. The lowest BCUT2D eigenvalue weighted by Gasteiger charge is -2.33. The summed E-state index contributed by atoms with van der Waals surface area (Å²) in [5.74, 6) is 3.33. The first-order valence-electron chi connectivity index (χ1n) is 12.0. The molecule has 8 nitrogen and oxygen atoms in total. The van der Waals surface area contributed by atoms with Gasteiger partial charge in [0.2, 0.25) is 11.9 Å². The van der Waals surface area contributed by atoms with E-state index in [0.29, 0.717) is 12.3 Å². The van der Waals surface area contributed by atoms with E-state index >= 15 is 0 Å². The predicted octanol–water partition coefficient (Wildman–Crippen LogP) is 3.59. The number of amides is 1. The highest BCUT2D eigenvalue weighted by atomic mass is 16.2. The summed E-state index contributed by atoms with van der Waals surface area (Å²) in [6, 6.07) is 8.00. The number of rotatable bonds is 6. The quantitative estimate of drug-likeness (QED) is 0.577. The third-order valence-corrected chi connectivity index (χ3v) is 6.86. The Hall–Kier alpha value is -3.29. The molecule has 0 saturated carbocycles. The maximum absolute atomic E-state index is 13.3. The van der Waals surface area contributed by atoms with E-state index < -0.39 is 0 Å². The molecule has 0 aromatic carbocycles. The molecule has 0 unspecified atom stereocenters. The number of pyridine rings is 1. The Balaban J connectivity index is 1.23. The van der Waals surface area contributed by atoms with Crippen molar-refractivity contribution in [3.05, 3.63) is 60.6 Å². The van der Waals surface area contributed by atoms with Gasteiger partial charge in [-0.2, -0.15) is 0 Å². The fraction of sp³-hybridized carbons (Fsp3) is 0.480. The van der Waals surface area contributed by atoms with Crippen molar-refractivity contribution in [1.29, 1.82) is 0 Å². The summed E-state index contributed by atoms with van der Waals surface area (Å²) >= 11 is 0. The van der Waals surface area contributed by atoms with Crippen LogP contribution in [0.4, 0.5) is 5.95 Å². The van der Waals surface area contributed by atoms with Gasteiger partial charge in [0.1, 0.15) is 11.6 Å². The lowest BCUT2D eigenvalue weighted by Crippen LogP contribution is -2.38. The Kier molecular flexibility index (Phi) is 6.32. The van der Waals surface area contributed by atoms with Gasteiger partial charge in [0.15, 0.2) is 0 Å². The molecule has 33 heavy (non-hydrogen) atoms. The van der Waals surface area contributed by atoms with E-state index in [1.165, 1.54) is 0 Å². The first kappa shape index (κ1) is 21.6. The minimum absolute atomic E-state index is 0.0591. The summed E-state index contributed by atoms with van der Waals surface area (Å²) in [5, 5.41) is 0. The molecule has 2 aliphatic rings. The summed E-state index contributed by atoms with van der Waals surface area (Å²) in [4.78, 5) is 35.7. The number of aryl methyl sites for hydroxylation is 1. The number of aromatic nitrogens is 5. The fourth-order valence-electron chi connectivity index (χ4n) is 5.09. The van der Waals surface area contributed by atoms with Gasteiger partial charge >= 0.3 is 0 Å². The van der Waals surface area contributed by atoms with Crippen LogP contribution in [0.5, 0.6) is 0 Å². The molecule has 8 heteroatoms. The third-order valence-electron chi connectivity index (χ3n) is 6.86. The van der Waals surface area contributed by atoms with Gasteiger partial charge in [-0.25, -0.2) is 19.9 Å². The van der Waals surface area contributed by atoms with Crippen LogP contribution in [0.3, 0.4) is 0 Å². The van der Waals surface area contributed by atoms with Crippen molar-refractivity contribution in [3.63, 3.8) is 0 Å². The van der Waals surface area contributed by atoms with E-state index in [-0.39, 0.29) is 11.9 Å². The molecular weight excluding hydrogens is 414 g/mol. The number of imidazole rings is 1. The highest BCUT2D eigenvalue weighted by Crippen LogP contribution is 2.33. The van der Waals surface area contributed by atoms with Crippen molar-refractivity contribution in [1.82, 2.24) is 29.4 Å². The Morgan fingerprint density at radius 3 is 2.61 bits per heavy atom. The molecule has 0 aliphatic carbocycles. The smallest absolute Gasteiger partial charge is 0.225 e. The van der Waals surface area contributed by atoms with E-state index in [1.54, 1.807) is 12.4 Å². The Bertz CT molecular complexity index is 1080. The summed E-state index contributed by atoms with van der Waals surface area (Å²) in [5.41, 5.74) is 0.977. The van der Waals surface area contributed by atoms with Crippen molar-refractivity contribution in [2.75, 3.05) is 24.5 Å². The van der Waals surface area contributed by atoms with Crippen LogP contribution in [0.25, 0.3) is 5.82 Å². The second-order valence-corrected chi connectivity index (χ2v) is 8.92. The molecule has 2 saturated heterocycles. The molecule has 1 amide bonds. The summed E-state index contributed by atoms with van der Waals surface area (Å²) in [7, 11) is 0. The number of anilines is 1. The number of likely N-dealkylation sites (tertiary alicyclic amines) is 1. The van der Waals surface area contributed by atoms with Crippen LogP contribution in [0, 0.1) is 5.92 Å². The number of nitrogens with zero attached hydrogens (tertiary/aromatic N) is 7. The van der Waals surface area contributed by atoms with E-state index in [0.717, 1.165) is 75.0 Å². The zero-order valence-electron chi connectivity index (χ0n) is 19.2. The van der Waals surface area contributed by atoms with Gasteiger partial charge < -0.3 is 9.80 Å². The molecule has 0 spiro atoms. The zero-order valence-corrected chi connectivity index (χ0v) is 19.2. The van der Waals surface area contributed by atoms with Crippen LogP contribution in [-0.2, 0) is 11.2 Å². The summed E-state index contributed by atoms with van der Waals surface area (Å²) < 4.78 is 2.04. The molecule has 3 aromatic heterocycles. The van der Waals surface area contributed by atoms with Crippen LogP contribution >= 0.6 is 0 Å². The second kappa shape index (κ2) is 9.68. The van der Waals surface area contributed by atoms with Crippen molar-refractivity contribution in [2.24, 2.45) is 5.92 Å². The normalized spacial score (nSPS) is 19.2. The fourth-order valence-corrected chi connectivity index (χ4v) is 5.09. The van der Waals surface area contributed by atoms with Crippen LogP contribution in [0.1, 0.15) is 56.6 Å². The van der Waals surface area contributed by atoms with Crippen molar-refractivity contribution < 1.29 is 4.79 Å². The van der Waals surface area contributed by atoms with Gasteiger partial charge in [-0.3, -0.25) is 9.36 Å². The second-order valence-electron chi connectivity index (χ2n) is 8.92. The van der Waals surface area contributed by atoms with E-state index in [9.17, 15) is 4.79 Å². The van der Waals surface area contributed by atoms with Gasteiger partial charge in [-0.15, -0.1) is 0 Å². The minimum Gasteiger partial charge on any atom is -0.341 e. The number of hydrogen-bond acceptors (Lipinski definition) is 6. The third kappa shape index (κ3) is 4.60. The maximum atomic E-state index is 13.3. The van der Waals surface area contributed by atoms with Gasteiger partial charge in [0.25, 0.3) is 0 Å². The first-order valence-corrected chi connectivity index (χ1v) is 12.0. The molecule has 0 radical (unpaired) electrons. The Morgan fingerprint density at radius 1 is 1.00 bits per heavy atom. The average molecular weight is 446 g/mol. The molecule has 5 rings (SSSR count). The number of hydrogen-bond donors (Lipinski definition) is 0. The standard InChI is InChI=1S/C25H31N7O/c1-2-22-26-13-17-32(22)23-8-3-6-20(29-23)21-7-4-14-31(21)24(33)18-19-9-15-30(16-10-19)25-27-11-5-12-28-25/h3,5-6,8,11-13,17,19,21H,2,4,7,9-10,14-16,18H2,1H3/t21-/m1/s1. The average Bonchev–Trinajstić information content (AvgIpc) is 3.55. The maximum Gasteiger partial charge on any atom is 0.225 e. The van der Waals surface area contributed by atoms with Gasteiger partial charge in [0, 0.05) is 57.3 Å². The minimum atomic E-state index is 0.0591. The number of piperidine rings is 1. The number of carbonyl (C=O) groups is 1. The molecule has 5 heterocycles. The van der Waals surface area contributed by atoms with Crippen LogP contribution in [-0.4, -0.2) is 54.9 Å². The Morgan fingerprint density at radius 2 is 1.82 bits per heavy atom. The number of carbonyl (C=O) groups excluding carboxylic acids is 1. The Labute approximate surface area is 194 Å². The highest BCUT2D eigenvalue weighted by Gasteiger charge is 2.33. The highest BCUT2D eigenvalue weighted by molar-refractivity contribution is 5.77. The van der Waals surface area contributed by atoms with Crippen molar-refractivity contribution in [2.45, 2.75) is 51.5 Å². The van der Waals surface area contributed by atoms with Crippen LogP contribution in [0.15, 0.2) is 49.1 Å². The molecule has 172 valence electrons.